The number of nitrogens with two attached hydrogens (primary N) is 1. The molecular formula is C88H103Cl2N11O27. The number of halogens is 2. The summed E-state index contributed by atoms with van der Waals surface area (Å²) in [4.78, 5) is 125. The van der Waals surface area contributed by atoms with Crippen molar-refractivity contribution in [1.29, 1.82) is 0 Å². The molecule has 18 atom stereocenters. The van der Waals surface area contributed by atoms with Crippen molar-refractivity contribution in [1.82, 2.24) is 53.2 Å². The van der Waals surface area contributed by atoms with Crippen molar-refractivity contribution in [3.8, 4) is 80.1 Å². The standard InChI is InChI=1S/C88H103Cl2N11O27/c1-39(2)11-7-5-4-6-8-12-63(108)96-72-76(112)74(110)61(37-102)126-87(72)128-79-59-31-44-32-60(79)124-56-22-17-43(29-51(56)89)73(109)71-86(121)100-69(81(116)94-26-10-25-93-24-9-23-91)49-33-45(104)34-58(125-88-78(114)77(113)75(111)62(38-103)127-88)64(49)48-28-41(15-20-53(48)105)67(83(118)101-71)97-84(119)68(44)98-85(120)70-50-35-47(36-55(107)65(50)90)123-57-30-42(16-21-54(57)106)66(92-3)82(117)95-52(80(115)99-70)27-40-13-18-46(122-59)19-14-40/h13-22,28-36,39,52,61-62,66-78,87-88,92-93,102-107,109-114H,4-12,23-27,37-38,91H2,1-3H3,(H,94,116)(H,95,117)(H,96,108)(H,97,119)(H,98,120)(H,99,115)(H,100,121)(H,101,118)/t52-,61-,62-,66-,67-,68-,69-,70+,71+,72-,73-,74-,75-,76-,77+,78+,87+,88+/m1/s1. The molecule has 0 spiro atoms. The van der Waals surface area contributed by atoms with Gasteiger partial charge in [0.15, 0.2) is 23.0 Å². The van der Waals surface area contributed by atoms with Gasteiger partial charge in [0.25, 0.3) is 0 Å². The number of hydrogen-bond acceptors (Lipinski definition) is 30. The number of carbonyl (C=O) groups excluding carboxylic acids is 8. The first-order valence-corrected chi connectivity index (χ1v) is 42.7. The molecule has 8 aliphatic heterocycles. The van der Waals surface area contributed by atoms with Gasteiger partial charge in [-0.05, 0) is 158 Å². The third kappa shape index (κ3) is 21.4. The molecule has 7 aromatic carbocycles. The second-order valence-corrected chi connectivity index (χ2v) is 33.2. The molecule has 686 valence electrons. The Hall–Kier alpha value is -11.4. The van der Waals surface area contributed by atoms with Gasteiger partial charge in [-0.3, -0.25) is 38.4 Å². The number of aliphatic hydroxyl groups is 8. The van der Waals surface area contributed by atoms with Gasteiger partial charge in [-0.1, -0.05) is 99.5 Å². The molecule has 0 radical (unpaired) electrons. The Morgan fingerprint density at radius 3 is 1.88 bits per heavy atom. The summed E-state index contributed by atoms with van der Waals surface area (Å²) in [6.07, 6.45) is -14.5. The van der Waals surface area contributed by atoms with E-state index in [1.165, 1.54) is 61.6 Å². The lowest BCUT2D eigenvalue weighted by Gasteiger charge is -2.42. The second kappa shape index (κ2) is 41.8. The van der Waals surface area contributed by atoms with Gasteiger partial charge >= 0.3 is 0 Å². The van der Waals surface area contributed by atoms with Crippen molar-refractivity contribution >= 4 is 70.5 Å². The number of amides is 8. The van der Waals surface area contributed by atoms with Crippen LogP contribution in [0.4, 0.5) is 0 Å². The van der Waals surface area contributed by atoms with Crippen LogP contribution < -0.4 is 82.6 Å². The summed E-state index contributed by atoms with van der Waals surface area (Å²) in [6.45, 7) is 3.45. The van der Waals surface area contributed by atoms with Crippen LogP contribution in [0.3, 0.4) is 0 Å². The van der Waals surface area contributed by atoms with Crippen LogP contribution >= 0.6 is 23.2 Å². The van der Waals surface area contributed by atoms with Crippen molar-refractivity contribution in [2.75, 3.05) is 46.4 Å². The molecule has 8 heterocycles. The number of fused-ring (bicyclic) bond motifs is 14. The molecule has 38 nitrogen and oxygen atoms in total. The molecule has 15 rings (SSSR count). The highest BCUT2D eigenvalue weighted by molar-refractivity contribution is 6.33. The number of likely N-dealkylation sites (N-methyl/N-ethyl adjacent to an activating group) is 1. The highest BCUT2D eigenvalue weighted by Crippen LogP contribution is 2.51. The number of aliphatic hydroxyl groups excluding tert-OH is 8. The lowest BCUT2D eigenvalue weighted by atomic mass is 9.89. The van der Waals surface area contributed by atoms with E-state index in [1.54, 1.807) is 0 Å². The lowest BCUT2D eigenvalue weighted by Crippen LogP contribution is -2.65. The van der Waals surface area contributed by atoms with Gasteiger partial charge in [0.05, 0.1) is 23.3 Å². The van der Waals surface area contributed by atoms with Crippen molar-refractivity contribution < 1.29 is 133 Å². The van der Waals surface area contributed by atoms with E-state index in [1.807, 2.05) is 0 Å². The molecular weight excluding hydrogens is 1710 g/mol. The van der Waals surface area contributed by atoms with Gasteiger partial charge in [-0.15, -0.1) is 0 Å². The Balaban J connectivity index is 1.04. The largest absolute Gasteiger partial charge is 0.508 e. The summed E-state index contributed by atoms with van der Waals surface area (Å²) in [5.41, 5.74) is 3.21. The monoisotopic (exact) mass is 1820 g/mol. The summed E-state index contributed by atoms with van der Waals surface area (Å²) >= 11 is 14.3. The van der Waals surface area contributed by atoms with E-state index in [-0.39, 0.29) is 59.9 Å². The number of ether oxygens (including phenoxy) is 7. The maximum atomic E-state index is 16.8. The molecule has 2 fully saturated rings. The number of aromatic hydroxyl groups is 4. The maximum Gasteiger partial charge on any atom is 0.248 e. The Morgan fingerprint density at radius 1 is 0.539 bits per heavy atom. The number of nitrogens with one attached hydrogen (secondary N) is 10. The third-order valence-corrected chi connectivity index (χ3v) is 23.5. The minimum atomic E-state index is -2.41. The minimum absolute atomic E-state index is 0.0802. The van der Waals surface area contributed by atoms with Crippen LogP contribution in [0.2, 0.25) is 10.0 Å². The van der Waals surface area contributed by atoms with E-state index in [2.05, 4.69) is 67.0 Å². The fourth-order valence-corrected chi connectivity index (χ4v) is 16.4. The fraction of sp³-hybridized carbons (Fsp3) is 0.432. The van der Waals surface area contributed by atoms with Crippen LogP contribution in [0, 0.1) is 5.92 Å². The van der Waals surface area contributed by atoms with E-state index in [0.717, 1.165) is 86.3 Å². The van der Waals surface area contributed by atoms with Crippen LogP contribution in [0.1, 0.15) is 147 Å². The average Bonchev–Trinajstić information content (AvgIpc) is 0.755. The van der Waals surface area contributed by atoms with Gasteiger partial charge in [0.2, 0.25) is 65.6 Å². The predicted octanol–water partition coefficient (Wildman–Crippen LogP) is 3.06. The van der Waals surface area contributed by atoms with Gasteiger partial charge in [0.1, 0.15) is 137 Å². The van der Waals surface area contributed by atoms with Crippen LogP contribution in [0.5, 0.6) is 69.0 Å². The SMILES string of the molecule is CN[C@H]1C(=O)N[C@@H]2Cc3ccc(cc3)Oc3cc4cc(c3O[C@@H]3O[C@H](CO)[C@@H](O)[C@H](O)[C@H]3NC(=O)CCCCCCCC(C)C)Oc3ccc(cc3Cl)[C@@H](O)[C@@H]3NC(=O)[C@H](NC(=O)[C@@H]4NC(=O)[C@@H](NC2=O)c2cc(cc(O)c2Cl)Oc2cc1ccc2O)c1ccc(O)c(c1)-c1c(O[C@H]2O[C@H](CO)[C@@H](O)[C@H](O)[C@@H]2O)cc(O)cc1[C@H](C(=O)NCCCNCCCN)NC3=O. The summed E-state index contributed by atoms with van der Waals surface area (Å²) in [5, 5.41) is 165. The number of carbonyl (C=O) groups is 8. The number of benzene rings is 7. The average molecular weight is 1820 g/mol. The van der Waals surface area contributed by atoms with E-state index in [9.17, 15) is 70.9 Å². The Morgan fingerprint density at radius 2 is 1.17 bits per heavy atom. The highest BCUT2D eigenvalue weighted by atomic mass is 35.5. The van der Waals surface area contributed by atoms with Crippen molar-refractivity contribution in [2.24, 2.45) is 11.7 Å². The molecule has 24 N–H and O–H groups in total. The first-order valence-electron chi connectivity index (χ1n) is 41.9. The summed E-state index contributed by atoms with van der Waals surface area (Å²) in [6, 6.07) is 6.48. The lowest BCUT2D eigenvalue weighted by molar-refractivity contribution is -0.277. The Labute approximate surface area is 743 Å². The number of hydrogen-bond donors (Lipinski definition) is 23. The first-order chi connectivity index (χ1) is 61.3. The second-order valence-electron chi connectivity index (χ2n) is 32.4. The van der Waals surface area contributed by atoms with Crippen molar-refractivity contribution in [3.05, 3.63) is 164 Å². The summed E-state index contributed by atoms with van der Waals surface area (Å²) < 4.78 is 44.9. The van der Waals surface area contributed by atoms with E-state index in [0.29, 0.717) is 50.4 Å². The zero-order chi connectivity index (χ0) is 91.6. The maximum absolute atomic E-state index is 16.8. The molecule has 8 amide bonds. The number of unbranched alkanes of at least 4 members (excludes halogenated alkanes) is 4. The summed E-state index contributed by atoms with van der Waals surface area (Å²) in [7, 11) is 1.44. The smallest absolute Gasteiger partial charge is 0.248 e. The molecule has 128 heavy (non-hydrogen) atoms. The quantitative estimate of drug-likeness (QED) is 0.0387. The van der Waals surface area contributed by atoms with Crippen LogP contribution in [-0.2, 0) is 54.3 Å². The molecule has 0 unspecified atom stereocenters. The molecule has 0 saturated carbocycles. The first kappa shape index (κ1) is 94.2. The molecule has 8 aliphatic rings. The van der Waals surface area contributed by atoms with Gasteiger partial charge < -0.3 is 153 Å². The van der Waals surface area contributed by atoms with Crippen LogP contribution in [-0.4, -0.2) is 228 Å². The molecule has 0 aliphatic carbocycles. The van der Waals surface area contributed by atoms with Crippen molar-refractivity contribution in [2.45, 2.75) is 188 Å². The van der Waals surface area contributed by atoms with E-state index < -0.39 is 260 Å². The molecule has 40 heteroatoms. The van der Waals surface area contributed by atoms with Crippen molar-refractivity contribution in [3.63, 3.8) is 0 Å². The Bertz CT molecular complexity index is 5250. The zero-order valence-corrected chi connectivity index (χ0v) is 71.1. The van der Waals surface area contributed by atoms with Gasteiger partial charge in [0, 0.05) is 48.2 Å². The highest BCUT2D eigenvalue weighted by Gasteiger charge is 2.50. The van der Waals surface area contributed by atoms with Gasteiger partial charge in [-0.25, -0.2) is 0 Å². The molecule has 7 aromatic rings. The Kier molecular flexibility index (Phi) is 30.7. The summed E-state index contributed by atoms with van der Waals surface area (Å²) in [5.74, 6) is -15.0. The third-order valence-electron chi connectivity index (χ3n) is 22.8. The molecule has 17 bridgehead atoms. The predicted molar refractivity (Wildman–Crippen MR) is 455 cm³/mol. The minimum Gasteiger partial charge on any atom is -0.508 e. The topological polar surface area (TPSA) is 590 Å². The molecule has 0 aromatic heterocycles. The van der Waals surface area contributed by atoms with Gasteiger partial charge in [-0.2, -0.15) is 0 Å². The van der Waals surface area contributed by atoms with E-state index in [4.69, 9.17) is 62.1 Å². The normalized spacial score (nSPS) is 25.8. The van der Waals surface area contributed by atoms with E-state index >= 15 is 28.8 Å². The van der Waals surface area contributed by atoms with Crippen LogP contribution in [0.15, 0.2) is 115 Å². The van der Waals surface area contributed by atoms with Crippen LogP contribution in [0.25, 0.3) is 11.1 Å². The number of rotatable bonds is 24. The molecule has 2 saturated heterocycles. The number of phenolic OH excluding ortho intramolecular Hbond substituents is 4. The number of phenols is 4. The fourth-order valence-electron chi connectivity index (χ4n) is 15.9. The zero-order valence-electron chi connectivity index (χ0n) is 69.6.